The van der Waals surface area contributed by atoms with E-state index in [0.29, 0.717) is 13.1 Å². The fraction of sp³-hybridized carbons (Fsp3) is 0.389. The van der Waals surface area contributed by atoms with Gasteiger partial charge in [0, 0.05) is 26.1 Å². The first-order valence-electron chi connectivity index (χ1n) is 9.06. The molecule has 0 bridgehead atoms. The van der Waals surface area contributed by atoms with Gasteiger partial charge in [0.1, 0.15) is 12.2 Å². The van der Waals surface area contributed by atoms with E-state index in [1.807, 2.05) is 11.6 Å². The fourth-order valence-electron chi connectivity index (χ4n) is 3.59. The minimum Gasteiger partial charge on any atom is -0.336 e. The van der Waals surface area contributed by atoms with Gasteiger partial charge in [-0.25, -0.2) is 4.68 Å². The number of benzene rings is 1. The van der Waals surface area contributed by atoms with Gasteiger partial charge in [0.05, 0.1) is 17.4 Å². The maximum Gasteiger partial charge on any atom is 0.418 e. The van der Waals surface area contributed by atoms with E-state index in [2.05, 4.69) is 20.5 Å². The van der Waals surface area contributed by atoms with Gasteiger partial charge >= 0.3 is 6.18 Å². The van der Waals surface area contributed by atoms with Crippen molar-refractivity contribution in [2.24, 2.45) is 7.05 Å². The highest BCUT2D eigenvalue weighted by atomic mass is 19.4. The molecule has 1 aromatic carbocycles. The van der Waals surface area contributed by atoms with Crippen LogP contribution in [-0.4, -0.2) is 53.7 Å². The molecule has 0 N–H and O–H groups in total. The molecule has 11 heteroatoms. The predicted molar refractivity (Wildman–Crippen MR) is 95.2 cm³/mol. The zero-order valence-electron chi connectivity index (χ0n) is 15.5. The number of rotatable bonds is 3. The van der Waals surface area contributed by atoms with Crippen molar-refractivity contribution >= 4 is 5.91 Å². The van der Waals surface area contributed by atoms with E-state index in [9.17, 15) is 18.0 Å². The molecule has 3 aromatic rings. The summed E-state index contributed by atoms with van der Waals surface area (Å²) in [4.78, 5) is 14.5. The van der Waals surface area contributed by atoms with Gasteiger partial charge in [-0.1, -0.05) is 17.3 Å². The van der Waals surface area contributed by atoms with Gasteiger partial charge < -0.3 is 9.47 Å². The molecule has 0 radical (unpaired) electrons. The lowest BCUT2D eigenvalue weighted by atomic mass is 9.97. The number of carbonyl (C=O) groups excluding carboxylic acids is 1. The molecule has 1 atom stereocenters. The van der Waals surface area contributed by atoms with Crippen molar-refractivity contribution in [3.8, 4) is 5.69 Å². The van der Waals surface area contributed by atoms with Crippen LogP contribution in [0.15, 0.2) is 36.8 Å². The summed E-state index contributed by atoms with van der Waals surface area (Å²) in [5.74, 6) is 0.471. The van der Waals surface area contributed by atoms with Crippen molar-refractivity contribution in [2.45, 2.75) is 24.9 Å². The quantitative estimate of drug-likeness (QED) is 0.669. The number of hydrogen-bond donors (Lipinski definition) is 0. The van der Waals surface area contributed by atoms with Crippen molar-refractivity contribution in [3.05, 3.63) is 53.9 Å². The Bertz CT molecular complexity index is 1030. The molecule has 152 valence electrons. The second kappa shape index (κ2) is 7.30. The Morgan fingerprint density at radius 1 is 1.21 bits per heavy atom. The molecular weight excluding hydrogens is 387 g/mol. The van der Waals surface area contributed by atoms with E-state index in [1.54, 1.807) is 11.2 Å². The van der Waals surface area contributed by atoms with Crippen LogP contribution in [0.4, 0.5) is 13.2 Å². The number of aryl methyl sites for hydroxylation is 1. The molecule has 0 saturated carbocycles. The van der Waals surface area contributed by atoms with E-state index < -0.39 is 11.7 Å². The Morgan fingerprint density at radius 2 is 2.00 bits per heavy atom. The van der Waals surface area contributed by atoms with Crippen LogP contribution < -0.4 is 0 Å². The molecule has 1 saturated heterocycles. The molecule has 0 spiro atoms. The standard InChI is InChI=1S/C18H18F3N7O/c1-26-11-22-24-16(26)12-5-4-8-27(9-12)17(29)14-10-28(25-23-14)15-7-3-2-6-13(15)18(19,20)21/h2-3,6-7,10-12H,4-5,8-9H2,1H3/t12-/m0/s1. The minimum absolute atomic E-state index is 0.000549. The fourth-order valence-corrected chi connectivity index (χ4v) is 3.59. The highest BCUT2D eigenvalue weighted by molar-refractivity contribution is 5.92. The molecule has 3 heterocycles. The summed E-state index contributed by atoms with van der Waals surface area (Å²) in [6, 6.07) is 5.03. The number of nitrogens with zero attached hydrogens (tertiary/aromatic N) is 7. The molecule has 29 heavy (non-hydrogen) atoms. The Balaban J connectivity index is 1.56. The summed E-state index contributed by atoms with van der Waals surface area (Å²) in [5, 5.41) is 15.6. The van der Waals surface area contributed by atoms with E-state index >= 15 is 0 Å². The first-order chi connectivity index (χ1) is 13.8. The third-order valence-electron chi connectivity index (χ3n) is 4.99. The Labute approximate surface area is 163 Å². The SMILES string of the molecule is Cn1cnnc1[C@H]1CCCN(C(=O)c2cn(-c3ccccc3C(F)(F)F)nn2)C1. The van der Waals surface area contributed by atoms with Gasteiger partial charge in [-0.2, -0.15) is 13.2 Å². The third kappa shape index (κ3) is 3.71. The van der Waals surface area contributed by atoms with E-state index in [0.717, 1.165) is 29.4 Å². The maximum atomic E-state index is 13.3. The second-order valence-electron chi connectivity index (χ2n) is 6.95. The zero-order valence-corrected chi connectivity index (χ0v) is 15.5. The predicted octanol–water partition coefficient (Wildman–Crippen LogP) is 2.43. The van der Waals surface area contributed by atoms with Crippen LogP contribution in [0.1, 0.15) is 40.6 Å². The summed E-state index contributed by atoms with van der Waals surface area (Å²) in [5.41, 5.74) is -1.02. The number of halogens is 3. The van der Waals surface area contributed by atoms with Crippen LogP contribution in [0.25, 0.3) is 5.69 Å². The number of likely N-dealkylation sites (tertiary alicyclic amines) is 1. The van der Waals surface area contributed by atoms with Crippen LogP contribution in [0.5, 0.6) is 0 Å². The molecule has 1 aliphatic rings. The first kappa shape index (κ1) is 19.1. The number of amides is 1. The lowest BCUT2D eigenvalue weighted by Crippen LogP contribution is -2.39. The van der Waals surface area contributed by atoms with Crippen molar-refractivity contribution in [3.63, 3.8) is 0 Å². The number of aromatic nitrogens is 6. The highest BCUT2D eigenvalue weighted by Crippen LogP contribution is 2.33. The second-order valence-corrected chi connectivity index (χ2v) is 6.95. The lowest BCUT2D eigenvalue weighted by molar-refractivity contribution is -0.137. The van der Waals surface area contributed by atoms with Gasteiger partial charge in [0.15, 0.2) is 5.69 Å². The highest BCUT2D eigenvalue weighted by Gasteiger charge is 2.34. The molecule has 1 amide bonds. The zero-order chi connectivity index (χ0) is 20.6. The molecule has 1 fully saturated rings. The summed E-state index contributed by atoms with van der Waals surface area (Å²) >= 11 is 0. The molecule has 2 aromatic heterocycles. The average Bonchev–Trinajstić information content (AvgIpc) is 3.36. The van der Waals surface area contributed by atoms with E-state index in [4.69, 9.17) is 0 Å². The van der Waals surface area contributed by atoms with Gasteiger partial charge in [-0.15, -0.1) is 15.3 Å². The largest absolute Gasteiger partial charge is 0.418 e. The van der Waals surface area contributed by atoms with Crippen LogP contribution in [-0.2, 0) is 13.2 Å². The van der Waals surface area contributed by atoms with Crippen molar-refractivity contribution < 1.29 is 18.0 Å². The van der Waals surface area contributed by atoms with Crippen molar-refractivity contribution in [1.82, 2.24) is 34.7 Å². The van der Waals surface area contributed by atoms with Gasteiger partial charge in [-0.3, -0.25) is 4.79 Å². The number of para-hydroxylation sites is 1. The van der Waals surface area contributed by atoms with Crippen LogP contribution in [0.3, 0.4) is 0 Å². The average molecular weight is 405 g/mol. The molecular formula is C18H18F3N7O. The Kier molecular flexibility index (Phi) is 4.81. The van der Waals surface area contributed by atoms with Crippen LogP contribution in [0.2, 0.25) is 0 Å². The molecule has 0 unspecified atom stereocenters. The number of hydrogen-bond acceptors (Lipinski definition) is 5. The summed E-state index contributed by atoms with van der Waals surface area (Å²) < 4.78 is 42.6. The topological polar surface area (TPSA) is 81.7 Å². The van der Waals surface area contributed by atoms with E-state index in [1.165, 1.54) is 24.4 Å². The monoisotopic (exact) mass is 405 g/mol. The summed E-state index contributed by atoms with van der Waals surface area (Å²) in [6.07, 6.45) is -0.0300. The molecule has 4 rings (SSSR count). The smallest absolute Gasteiger partial charge is 0.336 e. The lowest BCUT2D eigenvalue weighted by Gasteiger charge is -2.31. The van der Waals surface area contributed by atoms with Crippen molar-refractivity contribution in [2.75, 3.05) is 13.1 Å². The summed E-state index contributed by atoms with van der Waals surface area (Å²) in [7, 11) is 1.85. The first-order valence-corrected chi connectivity index (χ1v) is 9.06. The molecule has 0 aliphatic carbocycles. The van der Waals surface area contributed by atoms with Gasteiger partial charge in [0.2, 0.25) is 0 Å². The Hall–Kier alpha value is -3.24. The Morgan fingerprint density at radius 3 is 2.72 bits per heavy atom. The third-order valence-corrected chi connectivity index (χ3v) is 4.99. The van der Waals surface area contributed by atoms with Gasteiger partial charge in [0.25, 0.3) is 5.91 Å². The van der Waals surface area contributed by atoms with Crippen molar-refractivity contribution in [1.29, 1.82) is 0 Å². The molecule has 1 aliphatic heterocycles. The summed E-state index contributed by atoms with van der Waals surface area (Å²) in [6.45, 7) is 0.983. The number of piperidine rings is 1. The van der Waals surface area contributed by atoms with Crippen LogP contribution >= 0.6 is 0 Å². The number of carbonyl (C=O) groups is 1. The molecule has 8 nitrogen and oxygen atoms in total. The van der Waals surface area contributed by atoms with Gasteiger partial charge in [-0.05, 0) is 25.0 Å². The minimum atomic E-state index is -4.54. The normalized spacial score (nSPS) is 17.5. The van der Waals surface area contributed by atoms with Crippen LogP contribution in [0, 0.1) is 0 Å². The van der Waals surface area contributed by atoms with E-state index in [-0.39, 0.29) is 23.2 Å². The number of alkyl halides is 3. The maximum absolute atomic E-state index is 13.3.